The van der Waals surface area contributed by atoms with Crippen LogP contribution in [-0.4, -0.2) is 35.3 Å². The summed E-state index contributed by atoms with van der Waals surface area (Å²) in [5.41, 5.74) is 6.26. The van der Waals surface area contributed by atoms with Crippen molar-refractivity contribution in [2.45, 2.75) is 12.2 Å². The summed E-state index contributed by atoms with van der Waals surface area (Å²) < 4.78 is 4.58. The highest BCUT2D eigenvalue weighted by atomic mass is 35.5. The van der Waals surface area contributed by atoms with E-state index in [1.807, 2.05) is 0 Å². The number of methoxy groups -OCH3 is 1. The Morgan fingerprint density at radius 2 is 2.18 bits per heavy atom. The number of ether oxygens (including phenoxy) is 1. The predicted molar refractivity (Wildman–Crippen MR) is 63.9 cm³/mol. The van der Waals surface area contributed by atoms with Gasteiger partial charge < -0.3 is 20.7 Å². The first kappa shape index (κ1) is 13.8. The van der Waals surface area contributed by atoms with Gasteiger partial charge in [0.25, 0.3) is 0 Å². The third-order valence-corrected chi connectivity index (χ3v) is 2.64. The van der Waals surface area contributed by atoms with Gasteiger partial charge in [0.05, 0.1) is 24.7 Å². The molecule has 0 radical (unpaired) electrons. The highest BCUT2D eigenvalue weighted by Crippen LogP contribution is 2.24. The number of carbonyl (C=O) groups is 1. The van der Waals surface area contributed by atoms with Gasteiger partial charge in [-0.25, -0.2) is 4.79 Å². The second-order valence-corrected chi connectivity index (χ2v) is 3.81. The zero-order chi connectivity index (χ0) is 13.0. The van der Waals surface area contributed by atoms with Gasteiger partial charge in [0.15, 0.2) is 0 Å². The van der Waals surface area contributed by atoms with E-state index in [0.717, 1.165) is 0 Å². The molecule has 0 aliphatic rings. The van der Waals surface area contributed by atoms with Crippen LogP contribution in [0.25, 0.3) is 0 Å². The van der Waals surface area contributed by atoms with Crippen molar-refractivity contribution in [3.05, 3.63) is 29.3 Å². The highest BCUT2D eigenvalue weighted by molar-refractivity contribution is 6.18. The molecule has 0 bridgehead atoms. The molecule has 2 unspecified atom stereocenters. The number of aliphatic hydroxyl groups is 2. The average molecular weight is 260 g/mol. The predicted octanol–water partition coefficient (Wildman–Crippen LogP) is 0.689. The molecule has 17 heavy (non-hydrogen) atoms. The Morgan fingerprint density at radius 1 is 1.53 bits per heavy atom. The Labute approximate surface area is 104 Å². The molecule has 0 aromatic heterocycles. The Bertz CT molecular complexity index is 410. The Balaban J connectivity index is 3.18. The lowest BCUT2D eigenvalue weighted by atomic mass is 9.98. The first-order valence-corrected chi connectivity index (χ1v) is 5.44. The molecule has 1 rings (SSSR count). The molecule has 0 amide bonds. The molecule has 0 saturated heterocycles. The van der Waals surface area contributed by atoms with Crippen molar-refractivity contribution >= 4 is 23.3 Å². The number of esters is 1. The minimum Gasteiger partial charge on any atom is -0.465 e. The smallest absolute Gasteiger partial charge is 0.338 e. The summed E-state index contributed by atoms with van der Waals surface area (Å²) in [7, 11) is 1.22. The maximum Gasteiger partial charge on any atom is 0.338 e. The van der Waals surface area contributed by atoms with Crippen LogP contribution in [0.15, 0.2) is 18.2 Å². The summed E-state index contributed by atoms with van der Waals surface area (Å²) in [6, 6.07) is 4.36. The van der Waals surface area contributed by atoms with Gasteiger partial charge in [-0.05, 0) is 17.7 Å². The molecular formula is C11H14ClNO4. The number of anilines is 1. The number of nitrogen functional groups attached to an aromatic ring is 1. The molecule has 0 heterocycles. The van der Waals surface area contributed by atoms with Crippen LogP contribution in [0.2, 0.25) is 0 Å². The first-order chi connectivity index (χ1) is 8.01. The summed E-state index contributed by atoms with van der Waals surface area (Å²) in [6.45, 7) is 0. The van der Waals surface area contributed by atoms with E-state index in [9.17, 15) is 15.0 Å². The Kier molecular flexibility index (Phi) is 4.74. The van der Waals surface area contributed by atoms with Crippen molar-refractivity contribution < 1.29 is 19.7 Å². The lowest BCUT2D eigenvalue weighted by molar-refractivity contribution is 0.0308. The number of hydrogen-bond acceptors (Lipinski definition) is 5. The maximum atomic E-state index is 11.5. The maximum absolute atomic E-state index is 11.5. The summed E-state index contributed by atoms with van der Waals surface area (Å²) >= 11 is 5.44. The minimum absolute atomic E-state index is 0.115. The van der Waals surface area contributed by atoms with Crippen LogP contribution in [0.4, 0.5) is 5.69 Å². The van der Waals surface area contributed by atoms with Crippen LogP contribution in [-0.2, 0) is 4.74 Å². The Hall–Kier alpha value is -1.30. The van der Waals surface area contributed by atoms with Gasteiger partial charge in [-0.3, -0.25) is 0 Å². The van der Waals surface area contributed by atoms with Crippen molar-refractivity contribution in [1.82, 2.24) is 0 Å². The lowest BCUT2D eigenvalue weighted by Crippen LogP contribution is -2.22. The lowest BCUT2D eigenvalue weighted by Gasteiger charge is -2.18. The van der Waals surface area contributed by atoms with Gasteiger partial charge in [0.1, 0.15) is 6.10 Å². The van der Waals surface area contributed by atoms with E-state index >= 15 is 0 Å². The number of nitrogens with two attached hydrogens (primary N) is 1. The molecule has 0 spiro atoms. The molecule has 0 aliphatic heterocycles. The highest BCUT2D eigenvalue weighted by Gasteiger charge is 2.23. The van der Waals surface area contributed by atoms with E-state index in [2.05, 4.69) is 4.74 Å². The number of carbonyl (C=O) groups excluding carboxylic acids is 1. The van der Waals surface area contributed by atoms with Gasteiger partial charge in [-0.2, -0.15) is 0 Å². The number of benzene rings is 1. The van der Waals surface area contributed by atoms with Crippen LogP contribution in [0.3, 0.4) is 0 Å². The van der Waals surface area contributed by atoms with Crippen LogP contribution < -0.4 is 5.73 Å². The monoisotopic (exact) mass is 259 g/mol. The molecule has 0 aliphatic carbocycles. The summed E-state index contributed by atoms with van der Waals surface area (Å²) in [6.07, 6.45) is -2.43. The Morgan fingerprint density at radius 3 is 2.71 bits per heavy atom. The van der Waals surface area contributed by atoms with Crippen molar-refractivity contribution in [2.75, 3.05) is 18.7 Å². The first-order valence-electron chi connectivity index (χ1n) is 4.91. The number of alkyl halides is 1. The second kappa shape index (κ2) is 5.86. The van der Waals surface area contributed by atoms with E-state index in [0.29, 0.717) is 5.69 Å². The quantitative estimate of drug-likeness (QED) is 0.420. The number of hydrogen-bond donors (Lipinski definition) is 3. The van der Waals surface area contributed by atoms with Crippen molar-refractivity contribution in [2.24, 2.45) is 0 Å². The molecule has 94 valence electrons. The molecule has 6 heteroatoms. The SMILES string of the molecule is COC(=O)c1cc(N)ccc1C(O)C(O)CCl. The zero-order valence-electron chi connectivity index (χ0n) is 9.26. The molecule has 0 saturated carbocycles. The van der Waals surface area contributed by atoms with Gasteiger partial charge in [-0.15, -0.1) is 11.6 Å². The fourth-order valence-electron chi connectivity index (χ4n) is 1.41. The normalized spacial score (nSPS) is 14.1. The van der Waals surface area contributed by atoms with Crippen LogP contribution in [0.5, 0.6) is 0 Å². The third-order valence-electron chi connectivity index (χ3n) is 2.32. The van der Waals surface area contributed by atoms with Crippen LogP contribution >= 0.6 is 11.6 Å². The van der Waals surface area contributed by atoms with E-state index in [4.69, 9.17) is 17.3 Å². The molecule has 0 fully saturated rings. The van der Waals surface area contributed by atoms with Crippen molar-refractivity contribution in [3.63, 3.8) is 0 Å². The van der Waals surface area contributed by atoms with Crippen LogP contribution in [0, 0.1) is 0 Å². The average Bonchev–Trinajstić information content (AvgIpc) is 2.35. The van der Waals surface area contributed by atoms with E-state index in [1.54, 1.807) is 0 Å². The largest absolute Gasteiger partial charge is 0.465 e. The molecular weight excluding hydrogens is 246 g/mol. The second-order valence-electron chi connectivity index (χ2n) is 3.50. The zero-order valence-corrected chi connectivity index (χ0v) is 10.0. The number of aliphatic hydroxyl groups excluding tert-OH is 2. The van der Waals surface area contributed by atoms with Crippen molar-refractivity contribution in [3.8, 4) is 0 Å². The minimum atomic E-state index is -1.26. The van der Waals surface area contributed by atoms with E-state index in [-0.39, 0.29) is 17.0 Å². The molecule has 2 atom stereocenters. The van der Waals surface area contributed by atoms with Gasteiger partial charge in [0.2, 0.25) is 0 Å². The van der Waals surface area contributed by atoms with Gasteiger partial charge in [0, 0.05) is 5.69 Å². The van der Waals surface area contributed by atoms with Crippen LogP contribution in [0.1, 0.15) is 22.0 Å². The number of rotatable bonds is 4. The molecule has 4 N–H and O–H groups in total. The molecule has 1 aromatic rings. The van der Waals surface area contributed by atoms with E-state index in [1.165, 1.54) is 25.3 Å². The fraction of sp³-hybridized carbons (Fsp3) is 0.364. The fourth-order valence-corrected chi connectivity index (χ4v) is 1.58. The topological polar surface area (TPSA) is 92.8 Å². The summed E-state index contributed by atoms with van der Waals surface area (Å²) in [5.74, 6) is -0.778. The molecule has 5 nitrogen and oxygen atoms in total. The third kappa shape index (κ3) is 3.09. The van der Waals surface area contributed by atoms with E-state index < -0.39 is 18.2 Å². The van der Waals surface area contributed by atoms with Gasteiger partial charge >= 0.3 is 5.97 Å². The summed E-state index contributed by atoms with van der Waals surface area (Å²) in [5, 5.41) is 19.3. The summed E-state index contributed by atoms with van der Waals surface area (Å²) in [4.78, 5) is 11.5. The number of halogens is 1. The molecule has 1 aromatic carbocycles. The van der Waals surface area contributed by atoms with Crippen molar-refractivity contribution in [1.29, 1.82) is 0 Å². The standard InChI is InChI=1S/C11H14ClNO4/c1-17-11(16)8-4-6(13)2-3-7(8)10(15)9(14)5-12/h2-4,9-10,14-15H,5,13H2,1H3. The van der Waals surface area contributed by atoms with Gasteiger partial charge in [-0.1, -0.05) is 6.07 Å².